The maximum Gasteiger partial charge on any atom is 0.355 e. The largest absolute Gasteiger partial charge is 0.476 e. The highest BCUT2D eigenvalue weighted by Crippen LogP contribution is 2.21. The zero-order valence-electron chi connectivity index (χ0n) is 10.5. The topological polar surface area (TPSA) is 94.6 Å². The summed E-state index contributed by atoms with van der Waals surface area (Å²) >= 11 is 1.28. The Labute approximate surface area is 109 Å². The maximum absolute atomic E-state index is 11.2. The molecule has 1 rings (SSSR count). The van der Waals surface area contributed by atoms with E-state index < -0.39 is 5.97 Å². The maximum atomic E-state index is 11.2. The second-order valence-electron chi connectivity index (χ2n) is 3.78. The first kappa shape index (κ1) is 14.2. The van der Waals surface area contributed by atoms with Crippen LogP contribution in [0.5, 0.6) is 0 Å². The molecule has 100 valence electrons. The van der Waals surface area contributed by atoms with Gasteiger partial charge < -0.3 is 20.6 Å². The van der Waals surface area contributed by atoms with E-state index in [9.17, 15) is 9.59 Å². The fourth-order valence-corrected chi connectivity index (χ4v) is 2.00. The summed E-state index contributed by atoms with van der Waals surface area (Å²) in [6, 6.07) is -0.168. The summed E-state index contributed by atoms with van der Waals surface area (Å²) in [7, 11) is 3.32. The number of carboxylic acids is 1. The van der Waals surface area contributed by atoms with Crippen LogP contribution in [-0.2, 0) is 0 Å². The molecule has 18 heavy (non-hydrogen) atoms. The Morgan fingerprint density at radius 2 is 2.06 bits per heavy atom. The highest BCUT2D eigenvalue weighted by atomic mass is 32.1. The molecule has 7 nitrogen and oxygen atoms in total. The van der Waals surface area contributed by atoms with E-state index in [1.54, 1.807) is 21.0 Å². The van der Waals surface area contributed by atoms with Gasteiger partial charge in [0, 0.05) is 32.1 Å². The highest BCUT2D eigenvalue weighted by molar-refractivity contribution is 7.15. The zero-order chi connectivity index (χ0) is 13.7. The van der Waals surface area contributed by atoms with Crippen molar-refractivity contribution in [2.45, 2.75) is 6.92 Å². The van der Waals surface area contributed by atoms with Gasteiger partial charge in [-0.15, -0.1) is 11.3 Å². The van der Waals surface area contributed by atoms with Gasteiger partial charge in [-0.1, -0.05) is 0 Å². The number of nitrogens with zero attached hydrogens (tertiary/aromatic N) is 2. The lowest BCUT2D eigenvalue weighted by atomic mass is 10.4. The number of aromatic nitrogens is 1. The predicted molar refractivity (Wildman–Crippen MR) is 69.4 cm³/mol. The first-order valence-corrected chi connectivity index (χ1v) is 6.13. The minimum absolute atomic E-state index is 0.0693. The van der Waals surface area contributed by atoms with Gasteiger partial charge in [-0.25, -0.2) is 14.6 Å². The number of carbonyl (C=O) groups excluding carboxylic acids is 1. The predicted octanol–water partition coefficient (Wildman–Crippen LogP) is 0.833. The van der Waals surface area contributed by atoms with Gasteiger partial charge in [0.15, 0.2) is 10.8 Å². The fraction of sp³-hybridized carbons (Fsp3) is 0.500. The molecule has 0 aliphatic heterocycles. The van der Waals surface area contributed by atoms with Crippen molar-refractivity contribution in [1.82, 2.24) is 15.2 Å². The number of hydrogen-bond acceptors (Lipinski definition) is 5. The van der Waals surface area contributed by atoms with E-state index in [1.165, 1.54) is 16.2 Å². The average Bonchev–Trinajstić information content (AvgIpc) is 2.65. The van der Waals surface area contributed by atoms with E-state index in [-0.39, 0.29) is 11.7 Å². The van der Waals surface area contributed by atoms with Crippen LogP contribution in [0.3, 0.4) is 0 Å². The molecular weight excluding hydrogens is 256 g/mol. The van der Waals surface area contributed by atoms with Gasteiger partial charge in [-0.3, -0.25) is 0 Å². The molecule has 0 spiro atoms. The van der Waals surface area contributed by atoms with Crippen molar-refractivity contribution in [3.05, 3.63) is 10.6 Å². The van der Waals surface area contributed by atoms with Crippen LogP contribution in [0.15, 0.2) is 0 Å². The molecule has 1 aromatic heterocycles. The summed E-state index contributed by atoms with van der Waals surface area (Å²) in [5.74, 6) is -1.03. The Kier molecular flexibility index (Phi) is 4.90. The van der Waals surface area contributed by atoms with Gasteiger partial charge in [0.05, 0.1) is 0 Å². The summed E-state index contributed by atoms with van der Waals surface area (Å²) in [6.45, 7) is 2.64. The van der Waals surface area contributed by atoms with E-state index in [0.29, 0.717) is 23.1 Å². The lowest BCUT2D eigenvalue weighted by Crippen LogP contribution is -2.37. The van der Waals surface area contributed by atoms with Crippen molar-refractivity contribution in [3.8, 4) is 0 Å². The molecule has 2 amide bonds. The molecule has 1 heterocycles. The Hall–Kier alpha value is -1.83. The number of aryl methyl sites for hydroxylation is 1. The molecule has 0 unspecified atom stereocenters. The molecule has 8 heteroatoms. The van der Waals surface area contributed by atoms with Crippen LogP contribution in [0.1, 0.15) is 15.4 Å². The van der Waals surface area contributed by atoms with Gasteiger partial charge in [0.25, 0.3) is 0 Å². The number of hydrogen-bond donors (Lipinski definition) is 3. The molecule has 0 aromatic carbocycles. The minimum atomic E-state index is -1.03. The van der Waals surface area contributed by atoms with Crippen molar-refractivity contribution in [3.63, 3.8) is 0 Å². The van der Waals surface area contributed by atoms with Gasteiger partial charge >= 0.3 is 12.0 Å². The summed E-state index contributed by atoms with van der Waals surface area (Å²) in [5.41, 5.74) is 0.0693. The molecule has 0 radical (unpaired) electrons. The van der Waals surface area contributed by atoms with Crippen LogP contribution in [-0.4, -0.2) is 54.2 Å². The van der Waals surface area contributed by atoms with Crippen molar-refractivity contribution in [1.29, 1.82) is 0 Å². The molecule has 0 aliphatic rings. The first-order chi connectivity index (χ1) is 8.41. The summed E-state index contributed by atoms with van der Waals surface area (Å²) in [4.78, 5) is 28.0. The van der Waals surface area contributed by atoms with E-state index in [0.717, 1.165) is 0 Å². The second-order valence-corrected chi connectivity index (χ2v) is 4.99. The molecule has 0 saturated carbocycles. The van der Waals surface area contributed by atoms with Crippen LogP contribution in [0, 0.1) is 6.92 Å². The SMILES string of the molecule is Cc1sc(NCCNC(=O)N(C)C)nc1C(=O)O. The molecule has 1 aromatic rings. The van der Waals surface area contributed by atoms with Gasteiger partial charge in [-0.2, -0.15) is 0 Å². The Bertz CT molecular complexity index is 444. The second kappa shape index (κ2) is 6.20. The summed E-state index contributed by atoms with van der Waals surface area (Å²) < 4.78 is 0. The molecule has 0 fully saturated rings. The van der Waals surface area contributed by atoms with Gasteiger partial charge in [0.2, 0.25) is 0 Å². The Morgan fingerprint density at radius 3 is 2.56 bits per heavy atom. The van der Waals surface area contributed by atoms with Crippen molar-refractivity contribution in [2.24, 2.45) is 0 Å². The molecule has 3 N–H and O–H groups in total. The summed E-state index contributed by atoms with van der Waals surface area (Å²) in [6.07, 6.45) is 0. The lowest BCUT2D eigenvalue weighted by molar-refractivity contribution is 0.0690. The zero-order valence-corrected chi connectivity index (χ0v) is 11.3. The van der Waals surface area contributed by atoms with Crippen LogP contribution in [0.2, 0.25) is 0 Å². The third-order valence-corrected chi connectivity index (χ3v) is 3.01. The smallest absolute Gasteiger partial charge is 0.355 e. The normalized spacial score (nSPS) is 9.94. The molecule has 0 atom stereocenters. The Balaban J connectivity index is 2.38. The third kappa shape index (κ3) is 3.88. The number of thiazole rings is 1. The lowest BCUT2D eigenvalue weighted by Gasteiger charge is -2.11. The number of amides is 2. The molecular formula is C10H16N4O3S. The van der Waals surface area contributed by atoms with Crippen LogP contribution >= 0.6 is 11.3 Å². The van der Waals surface area contributed by atoms with E-state index in [1.807, 2.05) is 0 Å². The third-order valence-electron chi connectivity index (χ3n) is 2.08. The van der Waals surface area contributed by atoms with E-state index in [4.69, 9.17) is 5.11 Å². The standard InChI is InChI=1S/C10H16N4O3S/c1-6-7(8(15)16)13-9(18-6)11-4-5-12-10(17)14(2)3/h4-5H2,1-3H3,(H,11,13)(H,12,17)(H,15,16). The fourth-order valence-electron chi connectivity index (χ4n) is 1.17. The van der Waals surface area contributed by atoms with Crippen LogP contribution in [0.4, 0.5) is 9.93 Å². The average molecular weight is 272 g/mol. The number of carboxylic acid groups (broad SMARTS) is 1. The molecule has 0 bridgehead atoms. The van der Waals surface area contributed by atoms with Gasteiger partial charge in [0.1, 0.15) is 0 Å². The van der Waals surface area contributed by atoms with Crippen molar-refractivity contribution < 1.29 is 14.7 Å². The first-order valence-electron chi connectivity index (χ1n) is 5.31. The Morgan fingerprint density at radius 1 is 1.39 bits per heavy atom. The number of urea groups is 1. The quantitative estimate of drug-likeness (QED) is 0.690. The number of anilines is 1. The van der Waals surface area contributed by atoms with Crippen LogP contribution in [0.25, 0.3) is 0 Å². The van der Waals surface area contributed by atoms with E-state index >= 15 is 0 Å². The summed E-state index contributed by atoms with van der Waals surface area (Å²) in [5, 5.41) is 15.0. The highest BCUT2D eigenvalue weighted by Gasteiger charge is 2.13. The van der Waals surface area contributed by atoms with Crippen molar-refractivity contribution in [2.75, 3.05) is 32.5 Å². The number of nitrogens with one attached hydrogen (secondary N) is 2. The molecule has 0 aliphatic carbocycles. The molecule has 0 saturated heterocycles. The van der Waals surface area contributed by atoms with Crippen molar-refractivity contribution >= 4 is 28.5 Å². The number of aromatic carboxylic acids is 1. The monoisotopic (exact) mass is 272 g/mol. The number of carbonyl (C=O) groups is 2. The van der Waals surface area contributed by atoms with Gasteiger partial charge in [-0.05, 0) is 6.92 Å². The van der Waals surface area contributed by atoms with Crippen LogP contribution < -0.4 is 10.6 Å². The number of rotatable bonds is 5. The van der Waals surface area contributed by atoms with E-state index in [2.05, 4.69) is 15.6 Å². The minimum Gasteiger partial charge on any atom is -0.476 e.